The highest BCUT2D eigenvalue weighted by molar-refractivity contribution is 6.74. The fraction of sp³-hybridized carbons (Fsp3) is 0.480. The van der Waals surface area contributed by atoms with Gasteiger partial charge in [-0.2, -0.15) is 0 Å². The van der Waals surface area contributed by atoms with Gasteiger partial charge in [0.15, 0.2) is 8.32 Å². The van der Waals surface area contributed by atoms with E-state index in [0.29, 0.717) is 5.69 Å². The Morgan fingerprint density at radius 3 is 2.31 bits per heavy atom. The SMILES string of the molecule is CC(=O)O[C@H](C)c1ccc2ccc(C=CC(C(=O)O)[C@@H](C)O[Si](C)(C)C(C)(C)C)cc2n1. The molecule has 2 aromatic rings. The predicted molar refractivity (Wildman–Crippen MR) is 130 cm³/mol. The number of carboxylic acids is 1. The van der Waals surface area contributed by atoms with Crippen LogP contribution in [0.15, 0.2) is 36.4 Å². The molecule has 1 unspecified atom stereocenters. The molecule has 3 atom stereocenters. The first-order chi connectivity index (χ1) is 14.7. The molecule has 1 N–H and O–H groups in total. The molecule has 1 aromatic carbocycles. The Kier molecular flexibility index (Phi) is 8.01. The van der Waals surface area contributed by atoms with Gasteiger partial charge in [-0.1, -0.05) is 51.1 Å². The molecular weight excluding hydrogens is 422 g/mol. The summed E-state index contributed by atoms with van der Waals surface area (Å²) in [6.45, 7) is 15.6. The van der Waals surface area contributed by atoms with Crippen molar-refractivity contribution in [3.05, 3.63) is 47.7 Å². The first kappa shape index (κ1) is 25.7. The van der Waals surface area contributed by atoms with Gasteiger partial charge >= 0.3 is 11.9 Å². The molecule has 6 nitrogen and oxygen atoms in total. The van der Waals surface area contributed by atoms with Crippen molar-refractivity contribution in [3.63, 3.8) is 0 Å². The number of benzene rings is 1. The Hall–Kier alpha value is -2.51. The third-order valence-corrected chi connectivity index (χ3v) is 10.6. The Bertz CT molecular complexity index is 1010. The van der Waals surface area contributed by atoms with Crippen LogP contribution in [-0.2, 0) is 18.8 Å². The molecular formula is C25H35NO5Si. The Morgan fingerprint density at radius 1 is 1.12 bits per heavy atom. The second-order valence-corrected chi connectivity index (χ2v) is 14.5. The van der Waals surface area contributed by atoms with Crippen molar-refractivity contribution in [1.82, 2.24) is 4.98 Å². The summed E-state index contributed by atoms with van der Waals surface area (Å²) in [4.78, 5) is 27.8. The van der Waals surface area contributed by atoms with E-state index in [4.69, 9.17) is 9.16 Å². The average Bonchev–Trinajstić information content (AvgIpc) is 2.65. The number of rotatable bonds is 8. The normalized spacial score (nSPS) is 15.5. The summed E-state index contributed by atoms with van der Waals surface area (Å²) in [6, 6.07) is 9.53. The number of hydrogen-bond donors (Lipinski definition) is 1. The van der Waals surface area contributed by atoms with Crippen molar-refractivity contribution in [1.29, 1.82) is 0 Å². The largest absolute Gasteiger partial charge is 0.481 e. The maximum absolute atomic E-state index is 11.9. The fourth-order valence-electron chi connectivity index (χ4n) is 3.16. The van der Waals surface area contributed by atoms with E-state index in [0.717, 1.165) is 16.5 Å². The van der Waals surface area contributed by atoms with Crippen LogP contribution in [0.2, 0.25) is 18.1 Å². The van der Waals surface area contributed by atoms with Crippen molar-refractivity contribution in [2.75, 3.05) is 0 Å². The van der Waals surface area contributed by atoms with E-state index < -0.39 is 32.4 Å². The van der Waals surface area contributed by atoms with E-state index in [9.17, 15) is 14.7 Å². The second kappa shape index (κ2) is 9.96. The van der Waals surface area contributed by atoms with Crippen LogP contribution in [0.5, 0.6) is 0 Å². The van der Waals surface area contributed by atoms with Gasteiger partial charge in [-0.3, -0.25) is 9.59 Å². The first-order valence-electron chi connectivity index (χ1n) is 10.9. The highest BCUT2D eigenvalue weighted by Crippen LogP contribution is 2.38. The van der Waals surface area contributed by atoms with Crippen molar-refractivity contribution in [2.24, 2.45) is 5.92 Å². The summed E-state index contributed by atoms with van der Waals surface area (Å²) >= 11 is 0. The van der Waals surface area contributed by atoms with Crippen LogP contribution in [0.3, 0.4) is 0 Å². The van der Waals surface area contributed by atoms with Crippen LogP contribution in [0.25, 0.3) is 17.0 Å². The van der Waals surface area contributed by atoms with Crippen LogP contribution in [0.4, 0.5) is 0 Å². The first-order valence-corrected chi connectivity index (χ1v) is 13.8. The number of ether oxygens (including phenoxy) is 1. The number of carbonyl (C=O) groups excluding carboxylic acids is 1. The second-order valence-electron chi connectivity index (χ2n) is 9.75. The van der Waals surface area contributed by atoms with Gasteiger partial charge in [-0.15, -0.1) is 0 Å². The van der Waals surface area contributed by atoms with Crippen molar-refractivity contribution in [2.45, 2.75) is 71.9 Å². The van der Waals surface area contributed by atoms with E-state index in [1.807, 2.05) is 37.3 Å². The fourth-order valence-corrected chi connectivity index (χ4v) is 4.59. The number of esters is 1. The molecule has 0 aliphatic heterocycles. The average molecular weight is 458 g/mol. The molecule has 2 rings (SSSR count). The smallest absolute Gasteiger partial charge is 0.312 e. The third kappa shape index (κ3) is 6.50. The van der Waals surface area contributed by atoms with E-state index in [1.54, 1.807) is 19.1 Å². The topological polar surface area (TPSA) is 85.7 Å². The van der Waals surface area contributed by atoms with E-state index >= 15 is 0 Å². The number of nitrogens with zero attached hydrogens (tertiary/aromatic N) is 1. The minimum atomic E-state index is -2.09. The molecule has 0 aliphatic carbocycles. The Labute approximate surface area is 191 Å². The molecule has 1 heterocycles. The summed E-state index contributed by atoms with van der Waals surface area (Å²) < 4.78 is 11.5. The number of pyridine rings is 1. The zero-order valence-electron chi connectivity index (χ0n) is 20.3. The van der Waals surface area contributed by atoms with E-state index in [2.05, 4.69) is 38.8 Å². The van der Waals surface area contributed by atoms with Gasteiger partial charge in [0.25, 0.3) is 0 Å². The molecule has 0 bridgehead atoms. The standard InChI is InChI=1S/C25H35NO5Si/c1-16(31-32(7,8)25(4,5)6)21(24(28)29)13-10-19-9-11-20-12-14-22(26-23(20)15-19)17(2)30-18(3)27/h9-17,21H,1-8H3,(H,28,29)/t16-,17-,21?/m1/s1. The maximum atomic E-state index is 11.9. The van der Waals surface area contributed by atoms with Gasteiger partial charge in [0.2, 0.25) is 0 Å². The highest BCUT2D eigenvalue weighted by Gasteiger charge is 2.40. The van der Waals surface area contributed by atoms with Crippen LogP contribution in [0, 0.1) is 5.92 Å². The minimum Gasteiger partial charge on any atom is -0.481 e. The maximum Gasteiger partial charge on any atom is 0.312 e. The summed E-state index contributed by atoms with van der Waals surface area (Å²) in [5.74, 6) is -2.03. The summed E-state index contributed by atoms with van der Waals surface area (Å²) in [6.07, 6.45) is 2.60. The molecule has 7 heteroatoms. The van der Waals surface area contributed by atoms with Gasteiger partial charge in [-0.05, 0) is 49.7 Å². The lowest BCUT2D eigenvalue weighted by Crippen LogP contribution is -2.45. The van der Waals surface area contributed by atoms with Gasteiger partial charge in [0.05, 0.1) is 23.2 Å². The molecule has 1 aromatic heterocycles. The molecule has 0 spiro atoms. The lowest BCUT2D eigenvalue weighted by atomic mass is 10.0. The summed E-state index contributed by atoms with van der Waals surface area (Å²) in [7, 11) is -2.09. The zero-order chi connectivity index (χ0) is 24.3. The highest BCUT2D eigenvalue weighted by atomic mass is 28.4. The number of aliphatic carboxylic acids is 1. The van der Waals surface area contributed by atoms with Gasteiger partial charge in [0.1, 0.15) is 6.10 Å². The lowest BCUT2D eigenvalue weighted by molar-refractivity contribution is -0.146. The number of carbonyl (C=O) groups is 2. The molecule has 0 aliphatic rings. The summed E-state index contributed by atoms with van der Waals surface area (Å²) in [5.41, 5.74) is 2.25. The van der Waals surface area contributed by atoms with Gasteiger partial charge < -0.3 is 14.3 Å². The van der Waals surface area contributed by atoms with Crippen LogP contribution in [0.1, 0.15) is 58.9 Å². The van der Waals surface area contributed by atoms with Gasteiger partial charge in [-0.25, -0.2) is 4.98 Å². The zero-order valence-corrected chi connectivity index (χ0v) is 21.3. The monoisotopic (exact) mass is 457 g/mol. The third-order valence-electron chi connectivity index (χ3n) is 6.07. The number of fused-ring (bicyclic) bond motifs is 1. The van der Waals surface area contributed by atoms with E-state index in [-0.39, 0.29) is 11.0 Å². The van der Waals surface area contributed by atoms with Crippen LogP contribution in [-0.4, -0.2) is 36.5 Å². The molecule has 0 amide bonds. The van der Waals surface area contributed by atoms with Gasteiger partial charge in [0, 0.05) is 12.3 Å². The summed E-state index contributed by atoms with van der Waals surface area (Å²) in [5, 5.41) is 10.7. The number of carboxylic acid groups (broad SMARTS) is 1. The van der Waals surface area contributed by atoms with Crippen LogP contribution < -0.4 is 0 Å². The number of aromatic nitrogens is 1. The van der Waals surface area contributed by atoms with Crippen molar-refractivity contribution < 1.29 is 23.9 Å². The quantitative estimate of drug-likeness (QED) is 0.387. The molecule has 0 saturated carbocycles. The molecule has 0 saturated heterocycles. The number of hydrogen-bond acceptors (Lipinski definition) is 5. The lowest BCUT2D eigenvalue weighted by Gasteiger charge is -2.39. The molecule has 0 fully saturated rings. The molecule has 32 heavy (non-hydrogen) atoms. The molecule has 0 radical (unpaired) electrons. The van der Waals surface area contributed by atoms with Crippen LogP contribution >= 0.6 is 0 Å². The minimum absolute atomic E-state index is 0.00100. The van der Waals surface area contributed by atoms with Crippen molar-refractivity contribution >= 4 is 37.2 Å². The Balaban J connectivity index is 2.27. The Morgan fingerprint density at radius 2 is 1.75 bits per heavy atom. The van der Waals surface area contributed by atoms with Crippen molar-refractivity contribution in [3.8, 4) is 0 Å². The molecule has 174 valence electrons. The van der Waals surface area contributed by atoms with E-state index in [1.165, 1.54) is 6.92 Å². The predicted octanol–water partition coefficient (Wildman–Crippen LogP) is 5.98.